The standard InChI is InChI=1S/C22H29NO2/c1-22(2,3)18-9-10-20-17(13-18)12-15(7-5-11-24)21(23-20)16-6-4-8-19(25)14-16/h4,6,8-10,13-15,21,23-25H,5,7,11-12H2,1-3H3/t15?,21-/m0/s1. The average molecular weight is 339 g/mol. The molecule has 0 aliphatic carbocycles. The van der Waals surface area contributed by atoms with Gasteiger partial charge in [-0.1, -0.05) is 45.0 Å². The van der Waals surface area contributed by atoms with Gasteiger partial charge in [-0.15, -0.1) is 0 Å². The topological polar surface area (TPSA) is 52.5 Å². The van der Waals surface area contributed by atoms with Crippen LogP contribution in [0.4, 0.5) is 5.69 Å². The maximum atomic E-state index is 9.86. The van der Waals surface area contributed by atoms with Crippen molar-refractivity contribution in [3.05, 3.63) is 59.2 Å². The molecule has 0 bridgehead atoms. The third-order valence-corrected chi connectivity index (χ3v) is 5.20. The summed E-state index contributed by atoms with van der Waals surface area (Å²) in [4.78, 5) is 0. The molecule has 2 aromatic rings. The van der Waals surface area contributed by atoms with E-state index in [1.165, 1.54) is 16.8 Å². The van der Waals surface area contributed by atoms with Crippen LogP contribution in [0.3, 0.4) is 0 Å². The Bertz CT molecular complexity index is 733. The van der Waals surface area contributed by atoms with Gasteiger partial charge in [0.15, 0.2) is 0 Å². The molecule has 2 aromatic carbocycles. The summed E-state index contributed by atoms with van der Waals surface area (Å²) in [6.07, 6.45) is 2.76. The summed E-state index contributed by atoms with van der Waals surface area (Å²) in [6, 6.07) is 14.4. The van der Waals surface area contributed by atoms with Crippen LogP contribution < -0.4 is 5.32 Å². The van der Waals surface area contributed by atoms with E-state index in [0.717, 1.165) is 24.8 Å². The first-order valence-electron chi connectivity index (χ1n) is 9.18. The highest BCUT2D eigenvalue weighted by Crippen LogP contribution is 2.41. The summed E-state index contributed by atoms with van der Waals surface area (Å²) < 4.78 is 0. The first-order valence-corrected chi connectivity index (χ1v) is 9.18. The molecule has 1 aliphatic heterocycles. The summed E-state index contributed by atoms with van der Waals surface area (Å²) >= 11 is 0. The number of nitrogens with one attached hydrogen (secondary N) is 1. The molecule has 0 radical (unpaired) electrons. The van der Waals surface area contributed by atoms with Crippen LogP contribution in [0.2, 0.25) is 0 Å². The van der Waals surface area contributed by atoms with E-state index in [9.17, 15) is 10.2 Å². The van der Waals surface area contributed by atoms with Gasteiger partial charge in [0.1, 0.15) is 5.75 Å². The van der Waals surface area contributed by atoms with E-state index in [4.69, 9.17) is 0 Å². The zero-order valence-electron chi connectivity index (χ0n) is 15.4. The van der Waals surface area contributed by atoms with Crippen molar-refractivity contribution in [2.45, 2.75) is 51.5 Å². The molecule has 3 nitrogen and oxygen atoms in total. The number of phenols is 1. The van der Waals surface area contributed by atoms with Crippen molar-refractivity contribution in [2.24, 2.45) is 5.92 Å². The van der Waals surface area contributed by atoms with Crippen molar-refractivity contribution < 1.29 is 10.2 Å². The number of phenolic OH excluding ortho intramolecular Hbond substituents is 1. The van der Waals surface area contributed by atoms with Crippen molar-refractivity contribution in [2.75, 3.05) is 11.9 Å². The van der Waals surface area contributed by atoms with Crippen molar-refractivity contribution in [1.29, 1.82) is 0 Å². The van der Waals surface area contributed by atoms with Crippen molar-refractivity contribution in [3.63, 3.8) is 0 Å². The van der Waals surface area contributed by atoms with Gasteiger partial charge in [0.25, 0.3) is 0 Å². The largest absolute Gasteiger partial charge is 0.508 e. The number of anilines is 1. The number of aliphatic hydroxyl groups excluding tert-OH is 1. The third-order valence-electron chi connectivity index (χ3n) is 5.20. The van der Waals surface area contributed by atoms with E-state index in [2.05, 4.69) is 50.4 Å². The summed E-state index contributed by atoms with van der Waals surface area (Å²) in [7, 11) is 0. The van der Waals surface area contributed by atoms with Gasteiger partial charge in [-0.25, -0.2) is 0 Å². The van der Waals surface area contributed by atoms with Crippen LogP contribution in [0, 0.1) is 5.92 Å². The van der Waals surface area contributed by atoms with Crippen LogP contribution in [0.25, 0.3) is 0 Å². The molecule has 0 saturated carbocycles. The number of hydrogen-bond acceptors (Lipinski definition) is 3. The summed E-state index contributed by atoms with van der Waals surface area (Å²) in [5.74, 6) is 0.700. The van der Waals surface area contributed by atoms with Gasteiger partial charge in [-0.2, -0.15) is 0 Å². The molecule has 1 aliphatic rings. The summed E-state index contributed by atoms with van der Waals surface area (Å²) in [5.41, 5.74) is 5.13. The second-order valence-corrected chi connectivity index (χ2v) is 8.17. The van der Waals surface area contributed by atoms with Gasteiger partial charge in [-0.3, -0.25) is 0 Å². The predicted octanol–water partition coefficient (Wildman–Crippen LogP) is 4.79. The van der Waals surface area contributed by atoms with Crippen LogP contribution in [-0.4, -0.2) is 16.8 Å². The monoisotopic (exact) mass is 339 g/mol. The lowest BCUT2D eigenvalue weighted by Gasteiger charge is -2.36. The Morgan fingerprint density at radius 1 is 1.12 bits per heavy atom. The third kappa shape index (κ3) is 3.98. The van der Waals surface area contributed by atoms with Crippen LogP contribution in [0.1, 0.15) is 56.3 Å². The minimum absolute atomic E-state index is 0.137. The van der Waals surface area contributed by atoms with E-state index in [0.29, 0.717) is 11.7 Å². The Hall–Kier alpha value is -2.00. The molecule has 1 heterocycles. The van der Waals surface area contributed by atoms with E-state index < -0.39 is 0 Å². The smallest absolute Gasteiger partial charge is 0.115 e. The predicted molar refractivity (Wildman–Crippen MR) is 103 cm³/mol. The van der Waals surface area contributed by atoms with Gasteiger partial charge in [-0.05, 0) is 65.5 Å². The van der Waals surface area contributed by atoms with E-state index in [1.807, 2.05) is 12.1 Å². The minimum Gasteiger partial charge on any atom is -0.508 e. The summed E-state index contributed by atoms with van der Waals surface area (Å²) in [6.45, 7) is 6.94. The van der Waals surface area contributed by atoms with Gasteiger partial charge in [0.2, 0.25) is 0 Å². The number of fused-ring (bicyclic) bond motifs is 1. The number of aromatic hydroxyl groups is 1. The minimum atomic E-state index is 0.137. The van der Waals surface area contributed by atoms with Gasteiger partial charge < -0.3 is 15.5 Å². The molecule has 1 unspecified atom stereocenters. The van der Waals surface area contributed by atoms with E-state index in [1.54, 1.807) is 6.07 Å². The van der Waals surface area contributed by atoms with E-state index in [-0.39, 0.29) is 18.1 Å². The quantitative estimate of drug-likeness (QED) is 0.751. The van der Waals surface area contributed by atoms with Crippen LogP contribution in [-0.2, 0) is 11.8 Å². The first kappa shape index (κ1) is 17.8. The highest BCUT2D eigenvalue weighted by Gasteiger charge is 2.30. The molecule has 0 saturated heterocycles. The molecule has 25 heavy (non-hydrogen) atoms. The molecule has 3 heteroatoms. The molecule has 0 fully saturated rings. The normalized spacial score (nSPS) is 20.0. The molecule has 134 valence electrons. The highest BCUT2D eigenvalue weighted by atomic mass is 16.3. The van der Waals surface area contributed by atoms with Crippen molar-refractivity contribution in [3.8, 4) is 5.75 Å². The summed E-state index contributed by atoms with van der Waals surface area (Å²) in [5, 5.41) is 22.8. The van der Waals surface area contributed by atoms with Crippen LogP contribution in [0.15, 0.2) is 42.5 Å². The van der Waals surface area contributed by atoms with Gasteiger partial charge in [0, 0.05) is 12.3 Å². The van der Waals surface area contributed by atoms with Crippen LogP contribution in [0.5, 0.6) is 5.75 Å². The lowest BCUT2D eigenvalue weighted by atomic mass is 9.78. The maximum Gasteiger partial charge on any atom is 0.115 e. The molecule has 0 aromatic heterocycles. The number of aliphatic hydroxyl groups is 1. The second-order valence-electron chi connectivity index (χ2n) is 8.17. The fraction of sp³-hybridized carbons (Fsp3) is 0.455. The molecular weight excluding hydrogens is 310 g/mol. The van der Waals surface area contributed by atoms with Crippen LogP contribution >= 0.6 is 0 Å². The molecule has 0 spiro atoms. The fourth-order valence-electron chi connectivity index (χ4n) is 3.75. The lowest BCUT2D eigenvalue weighted by Crippen LogP contribution is -2.28. The van der Waals surface area contributed by atoms with Gasteiger partial charge in [0.05, 0.1) is 6.04 Å². The Balaban J connectivity index is 1.95. The molecule has 0 amide bonds. The Labute approximate surface area is 150 Å². The zero-order valence-corrected chi connectivity index (χ0v) is 15.4. The molecule has 3 rings (SSSR count). The molecular formula is C22H29NO2. The number of hydrogen-bond donors (Lipinski definition) is 3. The highest BCUT2D eigenvalue weighted by molar-refractivity contribution is 5.57. The fourth-order valence-corrected chi connectivity index (χ4v) is 3.75. The van der Waals surface area contributed by atoms with Gasteiger partial charge >= 0.3 is 0 Å². The Morgan fingerprint density at radius 2 is 1.92 bits per heavy atom. The molecule has 3 N–H and O–H groups in total. The number of rotatable bonds is 4. The maximum absolute atomic E-state index is 9.86. The number of benzene rings is 2. The average Bonchev–Trinajstić information content (AvgIpc) is 2.57. The van der Waals surface area contributed by atoms with Crippen molar-refractivity contribution in [1.82, 2.24) is 0 Å². The molecule has 2 atom stereocenters. The van der Waals surface area contributed by atoms with Crippen molar-refractivity contribution >= 4 is 5.69 Å². The lowest BCUT2D eigenvalue weighted by molar-refractivity contribution is 0.263. The zero-order chi connectivity index (χ0) is 18.0. The Kier molecular flexibility index (Phi) is 5.05. The second kappa shape index (κ2) is 7.09. The SMILES string of the molecule is CC(C)(C)c1ccc2c(c1)CC(CCCO)[C@@H](c1cccc(O)c1)N2. The first-order chi connectivity index (χ1) is 11.9. The Morgan fingerprint density at radius 3 is 2.60 bits per heavy atom. The van der Waals surface area contributed by atoms with E-state index >= 15 is 0 Å².